The Kier molecular flexibility index (Phi) is 5.30. The topological polar surface area (TPSA) is 90.5 Å². The first-order valence-electron chi connectivity index (χ1n) is 5.22. The highest BCUT2D eigenvalue weighted by atomic mass is 32.1. The van der Waals surface area contributed by atoms with E-state index in [1.165, 1.54) is 0 Å². The Morgan fingerprint density at radius 3 is 2.65 bits per heavy atom. The van der Waals surface area contributed by atoms with Crippen molar-refractivity contribution in [1.82, 2.24) is 5.32 Å². The third-order valence-corrected chi connectivity index (χ3v) is 2.42. The smallest absolute Gasteiger partial charge is 0.168 e. The Hall–Kier alpha value is -1.21. The number of aliphatic hydroxyl groups is 2. The average Bonchev–Trinajstić information content (AvgIpc) is 2.28. The van der Waals surface area contributed by atoms with Crippen LogP contribution >= 0.6 is 12.2 Å². The molecule has 0 aromatic heterocycles. The molecule has 0 aliphatic rings. The molecule has 1 rings (SSSR count). The predicted molar refractivity (Wildman–Crippen MR) is 71.7 cm³/mol. The second kappa shape index (κ2) is 6.51. The van der Waals surface area contributed by atoms with Gasteiger partial charge in [-0.15, -0.1) is 0 Å². The fourth-order valence-corrected chi connectivity index (χ4v) is 1.64. The minimum absolute atomic E-state index is 0.118. The summed E-state index contributed by atoms with van der Waals surface area (Å²) >= 11 is 4.75. The van der Waals surface area contributed by atoms with E-state index >= 15 is 0 Å². The number of aliphatic hydroxyl groups excluding tert-OH is 2. The maximum absolute atomic E-state index is 10.00. The first-order chi connectivity index (χ1) is 8.06. The molecule has 0 heterocycles. The van der Waals surface area contributed by atoms with Crippen molar-refractivity contribution in [2.24, 2.45) is 5.73 Å². The lowest BCUT2D eigenvalue weighted by atomic mass is 10.0. The fraction of sp³-hybridized carbons (Fsp3) is 0.364. The van der Waals surface area contributed by atoms with E-state index < -0.39 is 12.2 Å². The van der Waals surface area contributed by atoms with Crippen LogP contribution in [0.5, 0.6) is 0 Å². The highest BCUT2D eigenvalue weighted by molar-refractivity contribution is 7.80. The Morgan fingerprint density at radius 1 is 1.41 bits per heavy atom. The number of hydrogen-bond acceptors (Lipinski definition) is 4. The van der Waals surface area contributed by atoms with Gasteiger partial charge in [-0.05, 0) is 25.3 Å². The molecule has 17 heavy (non-hydrogen) atoms. The number of anilines is 1. The zero-order valence-electron chi connectivity index (χ0n) is 9.55. The quantitative estimate of drug-likeness (QED) is 0.474. The first kappa shape index (κ1) is 13.9. The molecule has 6 N–H and O–H groups in total. The molecule has 2 unspecified atom stereocenters. The highest BCUT2D eigenvalue weighted by Crippen LogP contribution is 2.24. The van der Waals surface area contributed by atoms with Crippen molar-refractivity contribution in [3.05, 3.63) is 29.8 Å². The zero-order valence-corrected chi connectivity index (χ0v) is 10.4. The zero-order chi connectivity index (χ0) is 12.8. The van der Waals surface area contributed by atoms with Crippen LogP contribution in [0.25, 0.3) is 0 Å². The number of likely N-dealkylation sites (N-methyl/N-ethyl adjacent to an activating group) is 1. The second-order valence-electron chi connectivity index (χ2n) is 3.65. The third kappa shape index (κ3) is 3.94. The molecule has 0 saturated heterocycles. The maximum atomic E-state index is 10.00. The Balaban J connectivity index is 2.91. The number of benzene rings is 1. The van der Waals surface area contributed by atoms with Gasteiger partial charge in [-0.25, -0.2) is 0 Å². The van der Waals surface area contributed by atoms with E-state index in [1.807, 2.05) is 0 Å². The van der Waals surface area contributed by atoms with E-state index in [9.17, 15) is 10.2 Å². The van der Waals surface area contributed by atoms with Crippen LogP contribution in [-0.4, -0.2) is 35.0 Å². The molecule has 0 aliphatic carbocycles. The van der Waals surface area contributed by atoms with Crippen LogP contribution < -0.4 is 16.4 Å². The van der Waals surface area contributed by atoms with Crippen molar-refractivity contribution in [3.63, 3.8) is 0 Å². The van der Waals surface area contributed by atoms with Crippen molar-refractivity contribution < 1.29 is 10.2 Å². The van der Waals surface area contributed by atoms with Gasteiger partial charge in [0.1, 0.15) is 6.10 Å². The summed E-state index contributed by atoms with van der Waals surface area (Å²) in [4.78, 5) is 0. The SMILES string of the molecule is CNCC(O)C(O)c1ccccc1NC(N)=S. The summed E-state index contributed by atoms with van der Waals surface area (Å²) in [6.07, 6.45) is -1.89. The van der Waals surface area contributed by atoms with Crippen molar-refractivity contribution >= 4 is 23.0 Å². The minimum Gasteiger partial charge on any atom is -0.389 e. The molecule has 0 spiro atoms. The molecule has 5 nitrogen and oxygen atoms in total. The summed E-state index contributed by atoms with van der Waals surface area (Å²) in [6.45, 7) is 0.294. The van der Waals surface area contributed by atoms with Crippen molar-refractivity contribution in [1.29, 1.82) is 0 Å². The summed E-state index contributed by atoms with van der Waals surface area (Å²) in [5, 5.41) is 25.4. The molecule has 6 heteroatoms. The van der Waals surface area contributed by atoms with Crippen LogP contribution in [0.3, 0.4) is 0 Å². The molecule has 0 saturated carbocycles. The van der Waals surface area contributed by atoms with Crippen LogP contribution in [0, 0.1) is 0 Å². The third-order valence-electron chi connectivity index (χ3n) is 2.32. The van der Waals surface area contributed by atoms with Gasteiger partial charge >= 0.3 is 0 Å². The maximum Gasteiger partial charge on any atom is 0.168 e. The van der Waals surface area contributed by atoms with Crippen molar-refractivity contribution in [2.75, 3.05) is 18.9 Å². The van der Waals surface area contributed by atoms with Gasteiger partial charge in [-0.1, -0.05) is 18.2 Å². The monoisotopic (exact) mass is 255 g/mol. The van der Waals surface area contributed by atoms with Gasteiger partial charge in [-0.3, -0.25) is 0 Å². The van der Waals surface area contributed by atoms with Crippen molar-refractivity contribution in [3.8, 4) is 0 Å². The molecular formula is C11H17N3O2S. The van der Waals surface area contributed by atoms with E-state index in [0.29, 0.717) is 17.8 Å². The van der Waals surface area contributed by atoms with Gasteiger partial charge < -0.3 is 26.6 Å². The number of nitrogens with one attached hydrogen (secondary N) is 2. The van der Waals surface area contributed by atoms with Gasteiger partial charge in [-0.2, -0.15) is 0 Å². The van der Waals surface area contributed by atoms with Crippen LogP contribution in [0.1, 0.15) is 11.7 Å². The summed E-state index contributed by atoms with van der Waals surface area (Å²) < 4.78 is 0. The summed E-state index contributed by atoms with van der Waals surface area (Å²) in [7, 11) is 1.70. The van der Waals surface area contributed by atoms with Crippen molar-refractivity contribution in [2.45, 2.75) is 12.2 Å². The summed E-state index contributed by atoms with van der Waals surface area (Å²) in [5.41, 5.74) is 6.55. The van der Waals surface area contributed by atoms with E-state index in [0.717, 1.165) is 0 Å². The normalized spacial score (nSPS) is 14.1. The molecule has 0 amide bonds. The Morgan fingerprint density at radius 2 is 2.06 bits per heavy atom. The molecular weight excluding hydrogens is 238 g/mol. The number of nitrogens with two attached hydrogens (primary N) is 1. The van der Waals surface area contributed by atoms with E-state index in [1.54, 1.807) is 31.3 Å². The molecule has 1 aromatic carbocycles. The largest absolute Gasteiger partial charge is 0.389 e. The number of hydrogen-bond donors (Lipinski definition) is 5. The molecule has 0 radical (unpaired) electrons. The first-order valence-corrected chi connectivity index (χ1v) is 5.63. The van der Waals surface area contributed by atoms with Crippen LogP contribution in [0.15, 0.2) is 24.3 Å². The Bertz CT molecular complexity index is 387. The van der Waals surface area contributed by atoms with E-state index in [2.05, 4.69) is 10.6 Å². The molecule has 0 bridgehead atoms. The van der Waals surface area contributed by atoms with E-state index in [4.69, 9.17) is 18.0 Å². The molecule has 0 aliphatic heterocycles. The predicted octanol–water partition coefficient (Wildman–Crippen LogP) is -0.0442. The minimum atomic E-state index is -1.000. The fourth-order valence-electron chi connectivity index (χ4n) is 1.53. The lowest BCUT2D eigenvalue weighted by Crippen LogP contribution is -2.30. The standard InChI is InChI=1S/C11H17N3O2S/c1-13-6-9(15)10(16)7-4-2-3-5-8(7)14-11(12)17/h2-5,9-10,13,15-16H,6H2,1H3,(H3,12,14,17). The second-order valence-corrected chi connectivity index (χ2v) is 4.09. The number of thiocarbonyl (C=S) groups is 1. The summed E-state index contributed by atoms with van der Waals surface area (Å²) in [5.74, 6) is 0. The van der Waals surface area contributed by atoms with Gasteiger partial charge in [0.25, 0.3) is 0 Å². The van der Waals surface area contributed by atoms with Gasteiger partial charge in [0.15, 0.2) is 5.11 Å². The van der Waals surface area contributed by atoms with Gasteiger partial charge in [0.05, 0.1) is 6.10 Å². The number of rotatable bonds is 5. The lowest BCUT2D eigenvalue weighted by Gasteiger charge is -2.20. The molecule has 0 fully saturated rings. The van der Waals surface area contributed by atoms with E-state index in [-0.39, 0.29) is 5.11 Å². The molecule has 2 atom stereocenters. The number of para-hydroxylation sites is 1. The van der Waals surface area contributed by atoms with Crippen LogP contribution in [0.2, 0.25) is 0 Å². The van der Waals surface area contributed by atoms with Crippen LogP contribution in [0.4, 0.5) is 5.69 Å². The molecule has 1 aromatic rings. The average molecular weight is 255 g/mol. The van der Waals surface area contributed by atoms with Gasteiger partial charge in [0.2, 0.25) is 0 Å². The Labute approximate surface area is 106 Å². The van der Waals surface area contributed by atoms with Crippen LogP contribution in [-0.2, 0) is 0 Å². The highest BCUT2D eigenvalue weighted by Gasteiger charge is 2.20. The van der Waals surface area contributed by atoms with Gasteiger partial charge in [0, 0.05) is 17.8 Å². The molecule has 94 valence electrons. The summed E-state index contributed by atoms with van der Waals surface area (Å²) in [6, 6.07) is 7.02. The lowest BCUT2D eigenvalue weighted by molar-refractivity contribution is 0.0207.